The minimum absolute atomic E-state index is 0.000466. The first-order chi connectivity index (χ1) is 11.4. The average molecular weight is 378 g/mol. The molecule has 0 aliphatic carbocycles. The Bertz CT molecular complexity index is 563. The van der Waals surface area contributed by atoms with Crippen molar-refractivity contribution in [3.63, 3.8) is 0 Å². The summed E-state index contributed by atoms with van der Waals surface area (Å²) in [6.07, 6.45) is 2.28. The van der Waals surface area contributed by atoms with Crippen LogP contribution in [-0.2, 0) is 19.6 Å². The summed E-state index contributed by atoms with van der Waals surface area (Å²) in [7, 11) is -3.38. The minimum Gasteiger partial charge on any atom is -0.450 e. The summed E-state index contributed by atoms with van der Waals surface area (Å²) >= 11 is 0. The number of amides is 2. The number of ether oxygens (including phenoxy) is 1. The molecular weight excluding hydrogens is 346 g/mol. The van der Waals surface area contributed by atoms with Crippen LogP contribution >= 0.6 is 0 Å². The van der Waals surface area contributed by atoms with Gasteiger partial charge >= 0.3 is 6.09 Å². The topological polar surface area (TPSA) is 96.0 Å². The van der Waals surface area contributed by atoms with E-state index in [0.717, 1.165) is 6.26 Å². The lowest BCUT2D eigenvalue weighted by Crippen LogP contribution is -2.49. The van der Waals surface area contributed by atoms with Gasteiger partial charge in [-0.05, 0) is 40.5 Å². The first-order valence-corrected chi connectivity index (χ1v) is 10.5. The Balaban J connectivity index is 2.44. The number of nitrogens with one attached hydrogen (secondary N) is 1. The molecular formula is C16H31N3O5S. The van der Waals surface area contributed by atoms with Gasteiger partial charge in [0.15, 0.2) is 0 Å². The van der Waals surface area contributed by atoms with Crippen LogP contribution in [0.15, 0.2) is 0 Å². The largest absolute Gasteiger partial charge is 0.450 e. The van der Waals surface area contributed by atoms with Crippen molar-refractivity contribution in [2.75, 3.05) is 32.5 Å². The lowest BCUT2D eigenvalue weighted by molar-refractivity contribution is -0.122. The lowest BCUT2D eigenvalue weighted by Gasteiger charge is -2.34. The van der Waals surface area contributed by atoms with Crippen molar-refractivity contribution in [1.29, 1.82) is 0 Å². The second-order valence-corrected chi connectivity index (χ2v) is 9.19. The van der Waals surface area contributed by atoms with E-state index in [9.17, 15) is 18.0 Å². The molecule has 25 heavy (non-hydrogen) atoms. The van der Waals surface area contributed by atoms with Gasteiger partial charge in [0.1, 0.15) is 0 Å². The molecule has 0 radical (unpaired) electrons. The van der Waals surface area contributed by atoms with Crippen LogP contribution in [0.2, 0.25) is 0 Å². The Morgan fingerprint density at radius 3 is 2.24 bits per heavy atom. The van der Waals surface area contributed by atoms with Crippen LogP contribution in [-0.4, -0.2) is 73.7 Å². The number of piperidine rings is 1. The third-order valence-electron chi connectivity index (χ3n) is 4.08. The zero-order valence-electron chi connectivity index (χ0n) is 15.9. The average Bonchev–Trinajstić information content (AvgIpc) is 2.45. The maximum atomic E-state index is 12.1. The van der Waals surface area contributed by atoms with Gasteiger partial charge in [-0.2, -0.15) is 4.31 Å². The van der Waals surface area contributed by atoms with Gasteiger partial charge in [-0.3, -0.25) is 4.79 Å². The molecule has 0 atom stereocenters. The highest BCUT2D eigenvalue weighted by Crippen LogP contribution is 2.18. The molecule has 0 aromatic heterocycles. The molecule has 0 spiro atoms. The highest BCUT2D eigenvalue weighted by Gasteiger charge is 2.30. The molecule has 1 rings (SSSR count). The zero-order chi connectivity index (χ0) is 19.3. The molecule has 2 amide bonds. The van der Waals surface area contributed by atoms with Gasteiger partial charge in [0.05, 0.1) is 12.9 Å². The molecule has 0 aromatic rings. The Morgan fingerprint density at radius 2 is 1.80 bits per heavy atom. The smallest absolute Gasteiger partial charge is 0.409 e. The van der Waals surface area contributed by atoms with Gasteiger partial charge in [0.2, 0.25) is 15.9 Å². The van der Waals surface area contributed by atoms with Crippen LogP contribution in [0.25, 0.3) is 0 Å². The fourth-order valence-corrected chi connectivity index (χ4v) is 4.34. The molecule has 0 unspecified atom stereocenters. The van der Waals surface area contributed by atoms with Crippen LogP contribution in [0.4, 0.5) is 4.79 Å². The number of sulfonamides is 1. The molecule has 1 saturated heterocycles. The molecule has 0 saturated carbocycles. The zero-order valence-corrected chi connectivity index (χ0v) is 16.7. The fourth-order valence-electron chi connectivity index (χ4n) is 2.92. The maximum absolute atomic E-state index is 12.1. The van der Waals surface area contributed by atoms with Crippen LogP contribution < -0.4 is 5.32 Å². The normalized spacial score (nSPS) is 16.8. The highest BCUT2D eigenvalue weighted by molar-refractivity contribution is 7.88. The molecule has 9 heteroatoms. The van der Waals surface area contributed by atoms with Crippen molar-refractivity contribution in [2.45, 2.75) is 58.5 Å². The van der Waals surface area contributed by atoms with E-state index in [1.54, 1.807) is 32.6 Å². The molecule has 0 bridgehead atoms. The standard InChI is InChI=1S/C16H31N3O5S/c1-6-24-15(21)18-10-7-13(8-11-18)17-14(20)9-12-19(16(2,3)4)25(5,22)23/h13H,6-12H2,1-5H3,(H,17,20). The van der Waals surface area contributed by atoms with E-state index in [2.05, 4.69) is 5.32 Å². The summed E-state index contributed by atoms with van der Waals surface area (Å²) in [4.78, 5) is 25.4. The van der Waals surface area contributed by atoms with Gasteiger partial charge in [0, 0.05) is 37.6 Å². The van der Waals surface area contributed by atoms with Crippen molar-refractivity contribution in [3.05, 3.63) is 0 Å². The van der Waals surface area contributed by atoms with Crippen molar-refractivity contribution in [2.24, 2.45) is 0 Å². The summed E-state index contributed by atoms with van der Waals surface area (Å²) in [5.41, 5.74) is -0.571. The number of hydrogen-bond acceptors (Lipinski definition) is 5. The van der Waals surface area contributed by atoms with Gasteiger partial charge in [-0.15, -0.1) is 0 Å². The number of rotatable bonds is 6. The van der Waals surface area contributed by atoms with Crippen LogP contribution in [0, 0.1) is 0 Å². The number of nitrogens with zero attached hydrogens (tertiary/aromatic N) is 2. The first-order valence-electron chi connectivity index (χ1n) is 8.64. The summed E-state index contributed by atoms with van der Waals surface area (Å²) in [5, 5.41) is 2.93. The van der Waals surface area contributed by atoms with Crippen molar-refractivity contribution in [1.82, 2.24) is 14.5 Å². The van der Waals surface area contributed by atoms with Crippen molar-refractivity contribution in [3.8, 4) is 0 Å². The molecule has 146 valence electrons. The van der Waals surface area contributed by atoms with Crippen molar-refractivity contribution >= 4 is 22.0 Å². The maximum Gasteiger partial charge on any atom is 0.409 e. The van der Waals surface area contributed by atoms with E-state index in [0.29, 0.717) is 32.5 Å². The number of carbonyl (C=O) groups excluding carboxylic acids is 2. The summed E-state index contributed by atoms with van der Waals surface area (Å²) < 4.78 is 30.1. The lowest BCUT2D eigenvalue weighted by atomic mass is 10.1. The molecule has 1 N–H and O–H groups in total. The Morgan fingerprint density at radius 1 is 1.24 bits per heavy atom. The highest BCUT2D eigenvalue weighted by atomic mass is 32.2. The van der Waals surface area contributed by atoms with E-state index >= 15 is 0 Å². The molecule has 8 nitrogen and oxygen atoms in total. The minimum atomic E-state index is -3.38. The molecule has 0 aromatic carbocycles. The third kappa shape index (κ3) is 7.19. The van der Waals surface area contributed by atoms with E-state index in [-0.39, 0.29) is 31.0 Å². The van der Waals surface area contributed by atoms with Crippen molar-refractivity contribution < 1.29 is 22.7 Å². The fraction of sp³-hybridized carbons (Fsp3) is 0.875. The number of carbonyl (C=O) groups is 2. The first kappa shape index (κ1) is 21.7. The van der Waals surface area contributed by atoms with Crippen LogP contribution in [0.1, 0.15) is 47.0 Å². The summed E-state index contributed by atoms with van der Waals surface area (Å²) in [5.74, 6) is -0.174. The summed E-state index contributed by atoms with van der Waals surface area (Å²) in [6, 6.07) is -0.000466. The molecule has 1 aliphatic rings. The second kappa shape index (κ2) is 8.84. The van der Waals surface area contributed by atoms with Gasteiger partial charge in [-0.1, -0.05) is 0 Å². The van der Waals surface area contributed by atoms with Gasteiger partial charge < -0.3 is 15.0 Å². The quantitative estimate of drug-likeness (QED) is 0.750. The van der Waals surface area contributed by atoms with E-state index < -0.39 is 15.6 Å². The Labute approximate surface area is 150 Å². The molecule has 1 aliphatic heterocycles. The van der Waals surface area contributed by atoms with Crippen LogP contribution in [0.3, 0.4) is 0 Å². The Hall–Kier alpha value is -1.35. The van der Waals surface area contributed by atoms with Gasteiger partial charge in [-0.25, -0.2) is 13.2 Å². The molecule has 1 heterocycles. The summed E-state index contributed by atoms with van der Waals surface area (Å²) in [6.45, 7) is 8.76. The number of hydrogen-bond donors (Lipinski definition) is 1. The predicted molar refractivity (Wildman–Crippen MR) is 95.7 cm³/mol. The Kier molecular flexibility index (Phi) is 7.67. The SMILES string of the molecule is CCOC(=O)N1CCC(NC(=O)CCN(C(C)(C)C)S(C)(=O)=O)CC1. The van der Waals surface area contributed by atoms with Gasteiger partial charge in [0.25, 0.3) is 0 Å². The second-order valence-electron chi connectivity index (χ2n) is 7.28. The van der Waals surface area contributed by atoms with E-state index in [4.69, 9.17) is 4.74 Å². The van der Waals surface area contributed by atoms with Crippen LogP contribution in [0.5, 0.6) is 0 Å². The predicted octanol–water partition coefficient (Wildman–Crippen LogP) is 1.17. The molecule has 1 fully saturated rings. The third-order valence-corrected chi connectivity index (χ3v) is 5.61. The van der Waals surface area contributed by atoms with E-state index in [1.807, 2.05) is 0 Å². The van der Waals surface area contributed by atoms with E-state index in [1.165, 1.54) is 4.31 Å². The monoisotopic (exact) mass is 377 g/mol. The number of likely N-dealkylation sites (tertiary alicyclic amines) is 1.